The maximum Gasteiger partial charge on any atom is 0.326 e. The first-order valence-corrected chi connectivity index (χ1v) is 13.0. The van der Waals surface area contributed by atoms with Crippen molar-refractivity contribution in [3.63, 3.8) is 0 Å². The van der Waals surface area contributed by atoms with Gasteiger partial charge in [-0.15, -0.1) is 0 Å². The molecule has 0 aliphatic carbocycles. The topological polar surface area (TPSA) is 235 Å². The number of carboxylic acids is 1. The molecular formula is C26H43N7O6. The Morgan fingerprint density at radius 2 is 1.51 bits per heavy atom. The van der Waals surface area contributed by atoms with Crippen molar-refractivity contribution in [3.8, 4) is 5.75 Å². The van der Waals surface area contributed by atoms with Gasteiger partial charge in [-0.05, 0) is 42.4 Å². The zero-order valence-corrected chi connectivity index (χ0v) is 23.0. The van der Waals surface area contributed by atoms with Gasteiger partial charge in [0.15, 0.2) is 5.96 Å². The SMILES string of the molecule is CCC(C)C(N)C(=O)NC(C(=O)NC(CCCN=C(N)N)C(=O)NC(Cc1ccc(O)cc1)C(=O)O)C(C)C. The summed E-state index contributed by atoms with van der Waals surface area (Å²) in [6.45, 7) is 7.41. The number of phenolic OH excluding ortho intramolecular Hbond substituents is 1. The first-order valence-electron chi connectivity index (χ1n) is 13.0. The number of hydrogen-bond donors (Lipinski definition) is 8. The van der Waals surface area contributed by atoms with Crippen LogP contribution < -0.4 is 33.2 Å². The van der Waals surface area contributed by atoms with E-state index in [1.54, 1.807) is 26.0 Å². The fourth-order valence-electron chi connectivity index (χ4n) is 3.67. The minimum absolute atomic E-state index is 0.0233. The van der Waals surface area contributed by atoms with Crippen LogP contribution in [-0.2, 0) is 25.6 Å². The number of carboxylic acid groups (broad SMARTS) is 1. The lowest BCUT2D eigenvalue weighted by Crippen LogP contribution is -2.59. The first-order chi connectivity index (χ1) is 18.3. The number of nitrogens with zero attached hydrogens (tertiary/aromatic N) is 1. The van der Waals surface area contributed by atoms with E-state index in [9.17, 15) is 29.4 Å². The molecule has 39 heavy (non-hydrogen) atoms. The van der Waals surface area contributed by atoms with Gasteiger partial charge in [0.25, 0.3) is 0 Å². The summed E-state index contributed by atoms with van der Waals surface area (Å²) in [6.07, 6.45) is 1.04. The Morgan fingerprint density at radius 3 is 2.03 bits per heavy atom. The molecule has 0 aliphatic rings. The fraction of sp³-hybridized carbons (Fsp3) is 0.577. The van der Waals surface area contributed by atoms with Crippen LogP contribution in [0.4, 0.5) is 0 Å². The molecule has 1 aromatic rings. The Balaban J connectivity index is 3.07. The van der Waals surface area contributed by atoms with E-state index in [0.29, 0.717) is 18.4 Å². The largest absolute Gasteiger partial charge is 0.508 e. The first kappa shape index (κ1) is 33.2. The summed E-state index contributed by atoms with van der Waals surface area (Å²) in [5, 5.41) is 27.0. The molecule has 0 aromatic heterocycles. The molecule has 0 saturated carbocycles. The molecule has 0 aliphatic heterocycles. The monoisotopic (exact) mass is 549 g/mol. The lowest BCUT2D eigenvalue weighted by molar-refractivity contribution is -0.142. The fourth-order valence-corrected chi connectivity index (χ4v) is 3.67. The number of aliphatic carboxylic acids is 1. The molecule has 13 heteroatoms. The molecule has 0 heterocycles. The van der Waals surface area contributed by atoms with Crippen molar-refractivity contribution in [2.24, 2.45) is 34.0 Å². The van der Waals surface area contributed by atoms with Crippen molar-refractivity contribution in [1.82, 2.24) is 16.0 Å². The maximum absolute atomic E-state index is 13.2. The van der Waals surface area contributed by atoms with Crippen LogP contribution in [-0.4, -0.2) is 70.6 Å². The summed E-state index contributed by atoms with van der Waals surface area (Å²) in [5.74, 6) is -3.61. The number of nitrogens with one attached hydrogen (secondary N) is 3. The molecule has 218 valence electrons. The molecule has 13 nitrogen and oxygen atoms in total. The van der Waals surface area contributed by atoms with Crippen molar-refractivity contribution in [3.05, 3.63) is 29.8 Å². The predicted molar refractivity (Wildman–Crippen MR) is 147 cm³/mol. The van der Waals surface area contributed by atoms with E-state index in [4.69, 9.17) is 17.2 Å². The zero-order valence-electron chi connectivity index (χ0n) is 23.0. The summed E-state index contributed by atoms with van der Waals surface area (Å²) in [7, 11) is 0. The van der Waals surface area contributed by atoms with Gasteiger partial charge in [0.2, 0.25) is 17.7 Å². The summed E-state index contributed by atoms with van der Waals surface area (Å²) in [4.78, 5) is 54.8. The van der Waals surface area contributed by atoms with Crippen LogP contribution in [0.5, 0.6) is 5.75 Å². The minimum Gasteiger partial charge on any atom is -0.508 e. The number of aromatic hydroxyl groups is 1. The Labute approximate surface area is 229 Å². The number of hydrogen-bond acceptors (Lipinski definition) is 7. The molecule has 3 amide bonds. The molecule has 0 radical (unpaired) electrons. The Bertz CT molecular complexity index is 995. The van der Waals surface area contributed by atoms with Crippen LogP contribution >= 0.6 is 0 Å². The normalized spacial score (nSPS) is 14.8. The van der Waals surface area contributed by atoms with Crippen LogP contribution in [0.3, 0.4) is 0 Å². The zero-order chi connectivity index (χ0) is 29.7. The van der Waals surface area contributed by atoms with Crippen LogP contribution in [0.2, 0.25) is 0 Å². The number of carbonyl (C=O) groups is 4. The van der Waals surface area contributed by atoms with Gasteiger partial charge in [-0.2, -0.15) is 0 Å². The molecule has 0 saturated heterocycles. The highest BCUT2D eigenvalue weighted by Gasteiger charge is 2.32. The van der Waals surface area contributed by atoms with E-state index in [1.165, 1.54) is 12.1 Å². The van der Waals surface area contributed by atoms with Crippen molar-refractivity contribution in [2.75, 3.05) is 6.54 Å². The molecule has 5 unspecified atom stereocenters. The highest BCUT2D eigenvalue weighted by molar-refractivity contribution is 5.94. The Hall–Kier alpha value is -3.87. The molecule has 0 fully saturated rings. The van der Waals surface area contributed by atoms with Crippen LogP contribution in [0.15, 0.2) is 29.3 Å². The number of aliphatic imine (C=N–C) groups is 1. The molecule has 11 N–H and O–H groups in total. The predicted octanol–water partition coefficient (Wildman–Crippen LogP) is -0.443. The van der Waals surface area contributed by atoms with Gasteiger partial charge < -0.3 is 43.4 Å². The smallest absolute Gasteiger partial charge is 0.326 e. The van der Waals surface area contributed by atoms with Crippen molar-refractivity contribution >= 4 is 29.7 Å². The molecule has 5 atom stereocenters. The van der Waals surface area contributed by atoms with E-state index in [0.717, 1.165) is 0 Å². The molecule has 0 bridgehead atoms. The average Bonchev–Trinajstić information content (AvgIpc) is 2.87. The van der Waals surface area contributed by atoms with Crippen LogP contribution in [0, 0.1) is 11.8 Å². The molecule has 1 aromatic carbocycles. The highest BCUT2D eigenvalue weighted by Crippen LogP contribution is 2.13. The summed E-state index contributed by atoms with van der Waals surface area (Å²) >= 11 is 0. The van der Waals surface area contributed by atoms with Gasteiger partial charge >= 0.3 is 5.97 Å². The second-order valence-corrected chi connectivity index (χ2v) is 9.92. The maximum atomic E-state index is 13.2. The number of benzene rings is 1. The highest BCUT2D eigenvalue weighted by atomic mass is 16.4. The van der Waals surface area contributed by atoms with Gasteiger partial charge in [0, 0.05) is 13.0 Å². The Kier molecular flexibility index (Phi) is 13.7. The second-order valence-electron chi connectivity index (χ2n) is 9.92. The number of phenols is 1. The standard InChI is InChI=1S/C26H43N7O6/c1-5-15(4)20(27)23(36)33-21(14(2)3)24(37)31-18(7-6-12-30-26(28)29)22(35)32-19(25(38)39)13-16-8-10-17(34)11-9-16/h8-11,14-15,18-21,34H,5-7,12-13,27H2,1-4H3,(H,31,37)(H,32,35)(H,33,36)(H,38,39)(H4,28,29,30). The van der Waals surface area contributed by atoms with Crippen LogP contribution in [0.1, 0.15) is 52.5 Å². The average molecular weight is 550 g/mol. The van der Waals surface area contributed by atoms with Gasteiger partial charge in [0.05, 0.1) is 6.04 Å². The van der Waals surface area contributed by atoms with Crippen molar-refractivity contribution in [2.45, 2.75) is 77.5 Å². The third kappa shape index (κ3) is 11.6. The van der Waals surface area contributed by atoms with E-state index >= 15 is 0 Å². The number of guanidine groups is 1. The van der Waals surface area contributed by atoms with E-state index < -0.39 is 47.9 Å². The van der Waals surface area contributed by atoms with Crippen LogP contribution in [0.25, 0.3) is 0 Å². The lowest BCUT2D eigenvalue weighted by Gasteiger charge is -2.28. The third-order valence-electron chi connectivity index (χ3n) is 6.38. The number of nitrogens with two attached hydrogens (primary N) is 3. The Morgan fingerprint density at radius 1 is 0.923 bits per heavy atom. The molecular weight excluding hydrogens is 506 g/mol. The van der Waals surface area contributed by atoms with Gasteiger partial charge in [0.1, 0.15) is 23.9 Å². The quantitative estimate of drug-likeness (QED) is 0.0756. The van der Waals surface area contributed by atoms with E-state index in [-0.39, 0.29) is 42.9 Å². The number of amides is 3. The van der Waals surface area contributed by atoms with Gasteiger partial charge in [-0.25, -0.2) is 4.79 Å². The van der Waals surface area contributed by atoms with Gasteiger partial charge in [-0.1, -0.05) is 46.2 Å². The van der Waals surface area contributed by atoms with E-state index in [2.05, 4.69) is 20.9 Å². The summed E-state index contributed by atoms with van der Waals surface area (Å²) in [5.41, 5.74) is 17.3. The second kappa shape index (κ2) is 16.2. The number of carbonyl (C=O) groups excluding carboxylic acids is 3. The summed E-state index contributed by atoms with van der Waals surface area (Å²) < 4.78 is 0. The minimum atomic E-state index is -1.30. The number of rotatable bonds is 16. The van der Waals surface area contributed by atoms with E-state index in [1.807, 2.05) is 13.8 Å². The van der Waals surface area contributed by atoms with Crippen molar-refractivity contribution in [1.29, 1.82) is 0 Å². The lowest BCUT2D eigenvalue weighted by atomic mass is 9.97. The van der Waals surface area contributed by atoms with Crippen molar-refractivity contribution < 1.29 is 29.4 Å². The molecule has 0 spiro atoms. The molecule has 1 rings (SSSR count). The summed E-state index contributed by atoms with van der Waals surface area (Å²) in [6, 6.07) is 1.71. The van der Waals surface area contributed by atoms with Gasteiger partial charge in [-0.3, -0.25) is 19.4 Å². The third-order valence-corrected chi connectivity index (χ3v) is 6.38.